The summed E-state index contributed by atoms with van der Waals surface area (Å²) >= 11 is 0. The molecule has 1 amide bonds. The summed E-state index contributed by atoms with van der Waals surface area (Å²) in [5.41, 5.74) is 1.93. The van der Waals surface area contributed by atoms with Crippen molar-refractivity contribution in [2.75, 3.05) is 13.1 Å². The number of aliphatic hydroxyl groups excluding tert-OH is 1. The summed E-state index contributed by atoms with van der Waals surface area (Å²) in [5, 5.41) is 14.1. The van der Waals surface area contributed by atoms with Crippen LogP contribution in [-0.2, 0) is 6.54 Å². The number of amides is 1. The van der Waals surface area contributed by atoms with Crippen LogP contribution in [-0.4, -0.2) is 44.9 Å². The lowest BCUT2D eigenvalue weighted by atomic mass is 10.0. The van der Waals surface area contributed by atoms with E-state index in [-0.39, 0.29) is 17.9 Å². The van der Waals surface area contributed by atoms with Gasteiger partial charge in [0.2, 0.25) is 0 Å². The molecule has 1 saturated carbocycles. The topological polar surface area (TPSA) is 58.4 Å². The van der Waals surface area contributed by atoms with E-state index in [0.717, 1.165) is 37.2 Å². The lowest BCUT2D eigenvalue weighted by Crippen LogP contribution is -2.31. The second-order valence-electron chi connectivity index (χ2n) is 6.48. The fourth-order valence-electron chi connectivity index (χ4n) is 3.27. The molecular formula is C16H25N3O2. The van der Waals surface area contributed by atoms with Crippen molar-refractivity contribution < 1.29 is 9.90 Å². The van der Waals surface area contributed by atoms with Crippen molar-refractivity contribution in [1.29, 1.82) is 0 Å². The number of aliphatic hydroxyl groups is 1. The third kappa shape index (κ3) is 2.84. The van der Waals surface area contributed by atoms with E-state index < -0.39 is 0 Å². The molecule has 2 heterocycles. The summed E-state index contributed by atoms with van der Waals surface area (Å²) in [6.45, 7) is 6.24. The molecule has 1 aliphatic carbocycles. The van der Waals surface area contributed by atoms with E-state index in [1.165, 1.54) is 12.8 Å². The van der Waals surface area contributed by atoms with Gasteiger partial charge in [-0.05, 0) is 32.6 Å². The van der Waals surface area contributed by atoms with Crippen molar-refractivity contribution in [3.05, 3.63) is 17.5 Å². The normalized spacial score (nSPS) is 23.6. The van der Waals surface area contributed by atoms with Crippen LogP contribution in [0.25, 0.3) is 0 Å². The Morgan fingerprint density at radius 2 is 2.24 bits per heavy atom. The number of hydrogen-bond acceptors (Lipinski definition) is 3. The van der Waals surface area contributed by atoms with E-state index in [0.29, 0.717) is 12.5 Å². The highest BCUT2D eigenvalue weighted by Gasteiger charge is 2.36. The van der Waals surface area contributed by atoms with Gasteiger partial charge in [0.1, 0.15) is 0 Å². The number of carbonyl (C=O) groups excluding carboxylic acids is 1. The summed E-state index contributed by atoms with van der Waals surface area (Å²) in [7, 11) is 0. The molecule has 0 spiro atoms. The van der Waals surface area contributed by atoms with Crippen LogP contribution in [0.4, 0.5) is 0 Å². The Labute approximate surface area is 125 Å². The zero-order chi connectivity index (χ0) is 15.0. The number of carbonyl (C=O) groups is 1. The second kappa shape index (κ2) is 5.79. The van der Waals surface area contributed by atoms with Gasteiger partial charge in [-0.25, -0.2) is 0 Å². The maximum Gasteiger partial charge on any atom is 0.257 e. The lowest BCUT2D eigenvalue weighted by molar-refractivity contribution is 0.0761. The van der Waals surface area contributed by atoms with Crippen molar-refractivity contribution in [3.8, 4) is 0 Å². The van der Waals surface area contributed by atoms with Crippen LogP contribution in [0.2, 0.25) is 0 Å². The van der Waals surface area contributed by atoms with E-state index in [2.05, 4.69) is 12.0 Å². The van der Waals surface area contributed by atoms with Crippen molar-refractivity contribution >= 4 is 5.91 Å². The highest BCUT2D eigenvalue weighted by atomic mass is 16.3. The van der Waals surface area contributed by atoms with Gasteiger partial charge in [-0.3, -0.25) is 9.48 Å². The molecule has 0 bridgehead atoms. The highest BCUT2D eigenvalue weighted by molar-refractivity contribution is 5.95. The minimum absolute atomic E-state index is 0.0994. The molecule has 116 valence electrons. The molecule has 1 aliphatic heterocycles. The molecule has 2 unspecified atom stereocenters. The van der Waals surface area contributed by atoms with Crippen LogP contribution in [0, 0.1) is 5.92 Å². The minimum Gasteiger partial charge on any atom is -0.393 e. The SMILES string of the molecule is CCCn1ncc(C(=O)N2CCC(C(C)O)C2)c1C1CC1. The summed E-state index contributed by atoms with van der Waals surface area (Å²) in [6.07, 6.45) is 5.68. The van der Waals surface area contributed by atoms with Gasteiger partial charge >= 0.3 is 0 Å². The molecular weight excluding hydrogens is 266 g/mol. The molecule has 1 aromatic heterocycles. The van der Waals surface area contributed by atoms with Gasteiger partial charge in [0.15, 0.2) is 0 Å². The summed E-state index contributed by atoms with van der Waals surface area (Å²) in [6, 6.07) is 0. The van der Waals surface area contributed by atoms with Crippen molar-refractivity contribution in [3.63, 3.8) is 0 Å². The Morgan fingerprint density at radius 1 is 1.48 bits per heavy atom. The van der Waals surface area contributed by atoms with Crippen LogP contribution >= 0.6 is 0 Å². The van der Waals surface area contributed by atoms with Gasteiger partial charge in [0.25, 0.3) is 5.91 Å². The van der Waals surface area contributed by atoms with E-state index in [9.17, 15) is 9.90 Å². The number of rotatable bonds is 5. The van der Waals surface area contributed by atoms with Gasteiger partial charge in [0.05, 0.1) is 23.6 Å². The summed E-state index contributed by atoms with van der Waals surface area (Å²) in [5.74, 6) is 0.833. The molecule has 1 N–H and O–H groups in total. The Balaban J connectivity index is 1.79. The Hall–Kier alpha value is -1.36. The molecule has 2 aliphatic rings. The van der Waals surface area contributed by atoms with E-state index >= 15 is 0 Å². The van der Waals surface area contributed by atoms with Crippen LogP contribution in [0.1, 0.15) is 61.5 Å². The van der Waals surface area contributed by atoms with Crippen molar-refractivity contribution in [2.24, 2.45) is 5.92 Å². The van der Waals surface area contributed by atoms with Gasteiger partial charge in [0, 0.05) is 31.5 Å². The maximum atomic E-state index is 12.8. The molecule has 1 saturated heterocycles. The smallest absolute Gasteiger partial charge is 0.257 e. The van der Waals surface area contributed by atoms with E-state index in [1.54, 1.807) is 6.20 Å². The fraction of sp³-hybridized carbons (Fsp3) is 0.750. The minimum atomic E-state index is -0.339. The molecule has 0 aromatic carbocycles. The lowest BCUT2D eigenvalue weighted by Gasteiger charge is -2.18. The number of aromatic nitrogens is 2. The van der Waals surface area contributed by atoms with Gasteiger partial charge in [-0.2, -0.15) is 5.10 Å². The molecule has 2 atom stereocenters. The second-order valence-corrected chi connectivity index (χ2v) is 6.48. The first-order chi connectivity index (χ1) is 10.1. The van der Waals surface area contributed by atoms with Gasteiger partial charge in [-0.1, -0.05) is 6.92 Å². The molecule has 1 aromatic rings. The number of aryl methyl sites for hydroxylation is 1. The highest BCUT2D eigenvalue weighted by Crippen LogP contribution is 2.42. The third-order valence-electron chi connectivity index (χ3n) is 4.70. The summed E-state index contributed by atoms with van der Waals surface area (Å²) < 4.78 is 2.02. The summed E-state index contributed by atoms with van der Waals surface area (Å²) in [4.78, 5) is 14.7. The van der Waals surface area contributed by atoms with Crippen LogP contribution in [0.3, 0.4) is 0 Å². The first-order valence-corrected chi connectivity index (χ1v) is 8.14. The first kappa shape index (κ1) is 14.6. The Morgan fingerprint density at radius 3 is 2.81 bits per heavy atom. The third-order valence-corrected chi connectivity index (χ3v) is 4.70. The molecule has 21 heavy (non-hydrogen) atoms. The van der Waals surface area contributed by atoms with Crippen LogP contribution in [0.5, 0.6) is 0 Å². The average Bonchev–Trinajstić information content (AvgIpc) is 3.02. The predicted molar refractivity (Wildman–Crippen MR) is 80.2 cm³/mol. The van der Waals surface area contributed by atoms with Gasteiger partial charge in [-0.15, -0.1) is 0 Å². The zero-order valence-corrected chi connectivity index (χ0v) is 13.0. The van der Waals surface area contributed by atoms with E-state index in [1.807, 2.05) is 16.5 Å². The quantitative estimate of drug-likeness (QED) is 0.903. The van der Waals surface area contributed by atoms with Crippen molar-refractivity contribution in [1.82, 2.24) is 14.7 Å². The fourth-order valence-corrected chi connectivity index (χ4v) is 3.27. The molecule has 0 radical (unpaired) electrons. The number of nitrogens with zero attached hydrogens (tertiary/aromatic N) is 3. The molecule has 5 nitrogen and oxygen atoms in total. The zero-order valence-electron chi connectivity index (χ0n) is 13.0. The maximum absolute atomic E-state index is 12.8. The van der Waals surface area contributed by atoms with Crippen molar-refractivity contribution in [2.45, 2.75) is 58.1 Å². The largest absolute Gasteiger partial charge is 0.393 e. The van der Waals surface area contributed by atoms with Crippen LogP contribution in [0.15, 0.2) is 6.20 Å². The van der Waals surface area contributed by atoms with E-state index in [4.69, 9.17) is 0 Å². The van der Waals surface area contributed by atoms with Crippen LogP contribution < -0.4 is 0 Å². The number of hydrogen-bond donors (Lipinski definition) is 1. The monoisotopic (exact) mass is 291 g/mol. The Kier molecular flexibility index (Phi) is 4.02. The molecule has 3 rings (SSSR count). The average molecular weight is 291 g/mol. The van der Waals surface area contributed by atoms with Gasteiger partial charge < -0.3 is 10.0 Å². The molecule has 2 fully saturated rings. The molecule has 5 heteroatoms. The number of likely N-dealkylation sites (tertiary alicyclic amines) is 1. The predicted octanol–water partition coefficient (Wildman–Crippen LogP) is 2.01. The Bertz CT molecular complexity index is 520. The first-order valence-electron chi connectivity index (χ1n) is 8.14. The standard InChI is InChI=1S/C16H25N3O2/c1-3-7-19-15(12-4-5-12)14(9-17-19)16(21)18-8-6-13(10-18)11(2)20/h9,11-13,20H,3-8,10H2,1-2H3.